The third-order valence-electron chi connectivity index (χ3n) is 6.55. The average molecular weight is 580 g/mol. The number of rotatable bonds is 14. The molecule has 0 spiro atoms. The van der Waals surface area contributed by atoms with Crippen LogP contribution >= 0.6 is 0 Å². The summed E-state index contributed by atoms with van der Waals surface area (Å²) >= 11 is 0. The Kier molecular flexibility index (Phi) is 11.3. The van der Waals surface area contributed by atoms with Crippen LogP contribution in [-0.4, -0.2) is 50.9 Å². The fraction of sp³-hybridized carbons (Fsp3) is 0.375. The van der Waals surface area contributed by atoms with E-state index in [1.54, 1.807) is 42.5 Å². The maximum absolute atomic E-state index is 14.1. The third-order valence-corrected chi connectivity index (χ3v) is 8.34. The fourth-order valence-electron chi connectivity index (χ4n) is 4.47. The predicted molar refractivity (Wildman–Crippen MR) is 162 cm³/mol. The van der Waals surface area contributed by atoms with E-state index in [1.165, 1.54) is 17.0 Å². The lowest BCUT2D eigenvalue weighted by Crippen LogP contribution is -2.52. The highest BCUT2D eigenvalue weighted by atomic mass is 32.2. The van der Waals surface area contributed by atoms with E-state index >= 15 is 0 Å². The van der Waals surface area contributed by atoms with E-state index in [0.29, 0.717) is 31.0 Å². The highest BCUT2D eigenvalue weighted by Crippen LogP contribution is 2.27. The second kappa shape index (κ2) is 14.7. The molecule has 0 heterocycles. The summed E-state index contributed by atoms with van der Waals surface area (Å²) in [5.41, 5.74) is 2.19. The molecule has 0 bridgehead atoms. The van der Waals surface area contributed by atoms with Crippen LogP contribution in [0, 0.1) is 12.8 Å². The van der Waals surface area contributed by atoms with E-state index in [0.717, 1.165) is 15.4 Å². The molecule has 8 nitrogen and oxygen atoms in total. The Morgan fingerprint density at radius 2 is 1.61 bits per heavy atom. The van der Waals surface area contributed by atoms with Crippen molar-refractivity contribution in [1.29, 1.82) is 0 Å². The summed E-state index contributed by atoms with van der Waals surface area (Å²) in [5.74, 6) is 0.0873. The van der Waals surface area contributed by atoms with Gasteiger partial charge in [0.25, 0.3) is 10.0 Å². The van der Waals surface area contributed by atoms with Crippen LogP contribution < -0.4 is 14.4 Å². The standard InChI is InChI=1S/C32H41N3O5S/c1-6-30(32(37)33-21-24(3)4)34(22-26-13-11-12-25(5)20-26)31(36)23-35(27-16-18-28(19-17-27)40-7-2)41(38,39)29-14-9-8-10-15-29/h8-20,24,30H,6-7,21-23H2,1-5H3,(H,33,37). The SMILES string of the molecule is CCOc1ccc(N(CC(=O)N(Cc2cccc(C)c2)C(CC)C(=O)NCC(C)C)S(=O)(=O)c2ccccc2)cc1. The Labute approximate surface area is 244 Å². The molecule has 0 aliphatic carbocycles. The van der Waals surface area contributed by atoms with E-state index in [2.05, 4.69) is 5.32 Å². The maximum atomic E-state index is 14.1. The molecular weight excluding hydrogens is 538 g/mol. The van der Waals surface area contributed by atoms with Crippen LogP contribution in [0.25, 0.3) is 0 Å². The summed E-state index contributed by atoms with van der Waals surface area (Å²) in [7, 11) is -4.12. The number of carbonyl (C=O) groups excluding carboxylic acids is 2. The van der Waals surface area contributed by atoms with Crippen LogP contribution in [0.3, 0.4) is 0 Å². The van der Waals surface area contributed by atoms with Crippen LogP contribution in [0.4, 0.5) is 5.69 Å². The topological polar surface area (TPSA) is 96.0 Å². The average Bonchev–Trinajstić information content (AvgIpc) is 2.95. The van der Waals surface area contributed by atoms with E-state index in [-0.39, 0.29) is 23.3 Å². The van der Waals surface area contributed by atoms with Crippen molar-refractivity contribution in [2.75, 3.05) is 24.0 Å². The number of anilines is 1. The smallest absolute Gasteiger partial charge is 0.264 e. The molecule has 0 aromatic heterocycles. The molecular formula is C32H41N3O5S. The van der Waals surface area contributed by atoms with Crippen molar-refractivity contribution < 1.29 is 22.7 Å². The molecule has 220 valence electrons. The molecule has 0 aliphatic heterocycles. The Bertz CT molecular complexity index is 1390. The second-order valence-electron chi connectivity index (χ2n) is 10.3. The maximum Gasteiger partial charge on any atom is 0.264 e. The second-order valence-corrected chi connectivity index (χ2v) is 12.2. The predicted octanol–water partition coefficient (Wildman–Crippen LogP) is 5.17. The molecule has 41 heavy (non-hydrogen) atoms. The molecule has 2 amide bonds. The minimum absolute atomic E-state index is 0.0636. The van der Waals surface area contributed by atoms with Gasteiger partial charge >= 0.3 is 0 Å². The molecule has 1 atom stereocenters. The molecule has 0 saturated heterocycles. The number of sulfonamides is 1. The van der Waals surface area contributed by atoms with Gasteiger partial charge in [-0.2, -0.15) is 0 Å². The van der Waals surface area contributed by atoms with E-state index < -0.39 is 28.5 Å². The number of carbonyl (C=O) groups is 2. The summed E-state index contributed by atoms with van der Waals surface area (Å²) in [4.78, 5) is 29.0. The summed E-state index contributed by atoms with van der Waals surface area (Å²) in [5, 5.41) is 2.95. The number of nitrogens with one attached hydrogen (secondary N) is 1. The minimum atomic E-state index is -4.12. The summed E-state index contributed by atoms with van der Waals surface area (Å²) in [6.45, 7) is 10.3. The van der Waals surface area contributed by atoms with Crippen LogP contribution in [0.5, 0.6) is 5.75 Å². The number of ether oxygens (including phenoxy) is 1. The van der Waals surface area contributed by atoms with E-state index in [1.807, 2.05) is 58.9 Å². The first kappa shape index (κ1) is 31.7. The van der Waals surface area contributed by atoms with Crippen molar-refractivity contribution in [2.45, 2.75) is 58.5 Å². The molecule has 3 rings (SSSR count). The highest BCUT2D eigenvalue weighted by molar-refractivity contribution is 7.92. The van der Waals surface area contributed by atoms with Gasteiger partial charge in [0.15, 0.2) is 0 Å². The number of hydrogen-bond donors (Lipinski definition) is 1. The first-order chi connectivity index (χ1) is 19.6. The zero-order chi connectivity index (χ0) is 30.0. The van der Waals surface area contributed by atoms with Crippen LogP contribution in [0.15, 0.2) is 83.8 Å². The number of amides is 2. The molecule has 0 radical (unpaired) electrons. The zero-order valence-corrected chi connectivity index (χ0v) is 25.4. The zero-order valence-electron chi connectivity index (χ0n) is 24.5. The normalized spacial score (nSPS) is 12.0. The van der Waals surface area contributed by atoms with Gasteiger partial charge in [-0.25, -0.2) is 8.42 Å². The van der Waals surface area contributed by atoms with Crippen molar-refractivity contribution in [1.82, 2.24) is 10.2 Å². The van der Waals surface area contributed by atoms with Crippen LogP contribution in [0.1, 0.15) is 45.2 Å². The number of nitrogens with zero attached hydrogens (tertiary/aromatic N) is 2. The molecule has 0 saturated carbocycles. The van der Waals surface area contributed by atoms with Gasteiger partial charge in [0.05, 0.1) is 17.2 Å². The lowest BCUT2D eigenvalue weighted by atomic mass is 10.1. The number of aryl methyl sites for hydroxylation is 1. The third kappa shape index (κ3) is 8.57. The van der Waals surface area contributed by atoms with Gasteiger partial charge in [-0.1, -0.05) is 68.8 Å². The van der Waals surface area contributed by atoms with Gasteiger partial charge in [-0.3, -0.25) is 13.9 Å². The van der Waals surface area contributed by atoms with Gasteiger partial charge in [0.1, 0.15) is 18.3 Å². The number of benzene rings is 3. The Morgan fingerprint density at radius 1 is 0.927 bits per heavy atom. The van der Waals surface area contributed by atoms with Gasteiger partial charge in [0, 0.05) is 13.1 Å². The van der Waals surface area contributed by atoms with Crippen molar-refractivity contribution in [3.05, 3.63) is 90.0 Å². The summed E-state index contributed by atoms with van der Waals surface area (Å²) < 4.78 is 34.4. The van der Waals surface area contributed by atoms with Gasteiger partial charge in [-0.15, -0.1) is 0 Å². The molecule has 9 heteroatoms. The lowest BCUT2D eigenvalue weighted by molar-refractivity contribution is -0.140. The fourth-order valence-corrected chi connectivity index (χ4v) is 5.91. The highest BCUT2D eigenvalue weighted by Gasteiger charge is 2.33. The van der Waals surface area contributed by atoms with Crippen molar-refractivity contribution in [2.24, 2.45) is 5.92 Å². The molecule has 3 aromatic rings. The summed E-state index contributed by atoms with van der Waals surface area (Å²) in [6, 6.07) is 21.6. The number of hydrogen-bond acceptors (Lipinski definition) is 5. The molecule has 0 fully saturated rings. The lowest BCUT2D eigenvalue weighted by Gasteiger charge is -2.33. The van der Waals surface area contributed by atoms with Crippen LogP contribution in [0.2, 0.25) is 0 Å². The van der Waals surface area contributed by atoms with Crippen LogP contribution in [-0.2, 0) is 26.2 Å². The first-order valence-electron chi connectivity index (χ1n) is 14.0. The molecule has 3 aromatic carbocycles. The van der Waals surface area contributed by atoms with Crippen molar-refractivity contribution >= 4 is 27.5 Å². The minimum Gasteiger partial charge on any atom is -0.494 e. The quantitative estimate of drug-likeness (QED) is 0.284. The largest absolute Gasteiger partial charge is 0.494 e. The van der Waals surface area contributed by atoms with Gasteiger partial charge in [0.2, 0.25) is 11.8 Å². The monoisotopic (exact) mass is 579 g/mol. The van der Waals surface area contributed by atoms with E-state index in [9.17, 15) is 18.0 Å². The summed E-state index contributed by atoms with van der Waals surface area (Å²) in [6.07, 6.45) is 0.371. The van der Waals surface area contributed by atoms with Gasteiger partial charge in [-0.05, 0) is 68.1 Å². The van der Waals surface area contributed by atoms with Crippen molar-refractivity contribution in [3.63, 3.8) is 0 Å². The molecule has 0 aliphatic rings. The molecule has 1 N–H and O–H groups in total. The van der Waals surface area contributed by atoms with E-state index in [4.69, 9.17) is 4.74 Å². The molecule has 1 unspecified atom stereocenters. The first-order valence-corrected chi connectivity index (χ1v) is 15.4. The Hall–Kier alpha value is -3.85. The Morgan fingerprint density at radius 3 is 2.20 bits per heavy atom. The van der Waals surface area contributed by atoms with Crippen molar-refractivity contribution in [3.8, 4) is 5.75 Å². The Balaban J connectivity index is 2.04. The van der Waals surface area contributed by atoms with Gasteiger partial charge < -0.3 is 15.0 Å².